The Morgan fingerprint density at radius 2 is 1.81 bits per heavy atom. The van der Waals surface area contributed by atoms with Crippen molar-refractivity contribution >= 4 is 5.95 Å². The predicted octanol–water partition coefficient (Wildman–Crippen LogP) is 3.69. The summed E-state index contributed by atoms with van der Waals surface area (Å²) in [5.41, 5.74) is 3.23. The smallest absolute Gasteiger partial charge is 0.225 e. The van der Waals surface area contributed by atoms with E-state index in [4.69, 9.17) is 10.1 Å². The van der Waals surface area contributed by atoms with E-state index in [0.717, 1.165) is 48.5 Å². The summed E-state index contributed by atoms with van der Waals surface area (Å²) >= 11 is 0. The molecule has 0 radical (unpaired) electrons. The first-order valence-corrected chi connectivity index (χ1v) is 12.8. The van der Waals surface area contributed by atoms with Gasteiger partial charge in [-0.2, -0.15) is 5.10 Å². The van der Waals surface area contributed by atoms with Gasteiger partial charge in [0, 0.05) is 50.1 Å². The molecule has 0 aromatic carbocycles. The van der Waals surface area contributed by atoms with Gasteiger partial charge in [0.25, 0.3) is 0 Å². The van der Waals surface area contributed by atoms with Gasteiger partial charge < -0.3 is 14.9 Å². The third kappa shape index (κ3) is 4.99. The second-order valence-electron chi connectivity index (χ2n) is 9.95. The molecule has 1 atom stereocenters. The van der Waals surface area contributed by atoms with E-state index < -0.39 is 0 Å². The minimum absolute atomic E-state index is 0.0990. The van der Waals surface area contributed by atoms with Crippen molar-refractivity contribution in [3.8, 4) is 11.3 Å². The van der Waals surface area contributed by atoms with Crippen LogP contribution < -0.4 is 4.90 Å². The molecule has 1 saturated carbocycles. The zero-order chi connectivity index (χ0) is 21.8. The fourth-order valence-corrected chi connectivity index (χ4v) is 5.90. The molecule has 3 fully saturated rings. The van der Waals surface area contributed by atoms with Crippen LogP contribution in [0.4, 0.5) is 5.95 Å². The number of anilines is 1. The molecule has 3 aliphatic rings. The highest BCUT2D eigenvalue weighted by atomic mass is 16.3. The second kappa shape index (κ2) is 10.3. The highest BCUT2D eigenvalue weighted by Crippen LogP contribution is 2.35. The molecule has 174 valence electrons. The number of rotatable bonds is 7. The summed E-state index contributed by atoms with van der Waals surface area (Å²) in [6.45, 7) is 6.25. The van der Waals surface area contributed by atoms with Crippen LogP contribution in [-0.4, -0.2) is 69.1 Å². The molecule has 0 bridgehead atoms. The third-order valence-electron chi connectivity index (χ3n) is 7.56. The van der Waals surface area contributed by atoms with Crippen LogP contribution in [-0.2, 0) is 6.54 Å². The number of likely N-dealkylation sites (tertiary alicyclic amines) is 1. The molecule has 4 heterocycles. The van der Waals surface area contributed by atoms with Gasteiger partial charge in [0.15, 0.2) is 0 Å². The summed E-state index contributed by atoms with van der Waals surface area (Å²) < 4.78 is 1.91. The Balaban J connectivity index is 1.38. The van der Waals surface area contributed by atoms with Crippen molar-refractivity contribution in [2.75, 3.05) is 44.2 Å². The van der Waals surface area contributed by atoms with E-state index in [-0.39, 0.29) is 6.61 Å². The molecule has 0 spiro atoms. The van der Waals surface area contributed by atoms with Crippen LogP contribution in [0.15, 0.2) is 18.5 Å². The topological polar surface area (TPSA) is 70.3 Å². The number of hydrogen-bond acceptors (Lipinski definition) is 6. The molecule has 0 amide bonds. The van der Waals surface area contributed by atoms with Gasteiger partial charge in [-0.15, -0.1) is 0 Å². The molecule has 1 N–H and O–H groups in total. The van der Waals surface area contributed by atoms with E-state index in [1.165, 1.54) is 70.9 Å². The van der Waals surface area contributed by atoms with Gasteiger partial charge in [0.05, 0.1) is 24.5 Å². The van der Waals surface area contributed by atoms with E-state index in [1.54, 1.807) is 0 Å². The fraction of sp³-hybridized carbons (Fsp3) is 0.720. The van der Waals surface area contributed by atoms with Crippen molar-refractivity contribution in [3.63, 3.8) is 0 Å². The number of aliphatic hydroxyl groups excluding tert-OH is 1. The highest BCUT2D eigenvalue weighted by molar-refractivity contribution is 5.63. The molecule has 7 heteroatoms. The maximum atomic E-state index is 9.51. The van der Waals surface area contributed by atoms with Crippen molar-refractivity contribution < 1.29 is 5.11 Å². The summed E-state index contributed by atoms with van der Waals surface area (Å²) in [6, 6.07) is 2.02. The minimum Gasteiger partial charge on any atom is -0.394 e. The molecule has 2 aromatic heterocycles. The van der Waals surface area contributed by atoms with E-state index in [9.17, 15) is 5.11 Å². The Morgan fingerprint density at radius 3 is 2.62 bits per heavy atom. The average Bonchev–Trinajstić information content (AvgIpc) is 3.51. The Labute approximate surface area is 191 Å². The molecule has 2 aromatic rings. The van der Waals surface area contributed by atoms with Gasteiger partial charge in [-0.3, -0.25) is 4.68 Å². The summed E-state index contributed by atoms with van der Waals surface area (Å²) in [4.78, 5) is 14.5. The largest absolute Gasteiger partial charge is 0.394 e. The molecule has 2 saturated heterocycles. The summed E-state index contributed by atoms with van der Waals surface area (Å²) in [7, 11) is 0. The van der Waals surface area contributed by atoms with Gasteiger partial charge in [-0.25, -0.2) is 9.97 Å². The maximum Gasteiger partial charge on any atom is 0.225 e. The Hall–Kier alpha value is -1.99. The first kappa shape index (κ1) is 21.8. The van der Waals surface area contributed by atoms with Crippen LogP contribution in [0.25, 0.3) is 11.3 Å². The molecule has 0 unspecified atom stereocenters. The lowest BCUT2D eigenvalue weighted by Gasteiger charge is -2.35. The SMILES string of the molecule is OCCn1cc(-c2ccnc(N3CCCC3)n2)c([C@@H]2CCCN(CC3CCCCC3)C2)n1. The lowest BCUT2D eigenvalue weighted by Crippen LogP contribution is -2.38. The quantitative estimate of drug-likeness (QED) is 0.711. The maximum absolute atomic E-state index is 9.51. The predicted molar refractivity (Wildman–Crippen MR) is 127 cm³/mol. The lowest BCUT2D eigenvalue weighted by molar-refractivity contribution is 0.159. The summed E-state index contributed by atoms with van der Waals surface area (Å²) in [5.74, 6) is 2.13. The molecule has 7 nitrogen and oxygen atoms in total. The van der Waals surface area contributed by atoms with E-state index in [0.29, 0.717) is 12.5 Å². The summed E-state index contributed by atoms with van der Waals surface area (Å²) in [6.07, 6.45) is 15.8. The number of aromatic nitrogens is 4. The zero-order valence-electron chi connectivity index (χ0n) is 19.3. The number of piperidine rings is 1. The van der Waals surface area contributed by atoms with E-state index in [1.807, 2.05) is 16.9 Å². The van der Waals surface area contributed by atoms with Gasteiger partial charge >= 0.3 is 0 Å². The monoisotopic (exact) mass is 438 g/mol. The van der Waals surface area contributed by atoms with Crippen LogP contribution in [0.1, 0.15) is 69.4 Å². The molecular formula is C25H38N6O. The van der Waals surface area contributed by atoms with Crippen molar-refractivity contribution in [2.45, 2.75) is 70.3 Å². The summed E-state index contributed by atoms with van der Waals surface area (Å²) in [5, 5.41) is 14.5. The van der Waals surface area contributed by atoms with Crippen LogP contribution in [0, 0.1) is 5.92 Å². The van der Waals surface area contributed by atoms with Crippen LogP contribution in [0.3, 0.4) is 0 Å². The molecule has 2 aliphatic heterocycles. The van der Waals surface area contributed by atoms with Crippen LogP contribution in [0.5, 0.6) is 0 Å². The van der Waals surface area contributed by atoms with Gasteiger partial charge in [-0.05, 0) is 57.1 Å². The molecular weight excluding hydrogens is 400 g/mol. The van der Waals surface area contributed by atoms with Crippen molar-refractivity contribution in [3.05, 3.63) is 24.2 Å². The van der Waals surface area contributed by atoms with E-state index in [2.05, 4.69) is 21.0 Å². The lowest BCUT2D eigenvalue weighted by atomic mass is 9.87. The van der Waals surface area contributed by atoms with Crippen molar-refractivity contribution in [1.29, 1.82) is 0 Å². The Kier molecular flexibility index (Phi) is 7.03. The zero-order valence-corrected chi connectivity index (χ0v) is 19.3. The highest BCUT2D eigenvalue weighted by Gasteiger charge is 2.29. The number of aliphatic hydroxyl groups is 1. The van der Waals surface area contributed by atoms with Gasteiger partial charge in [-0.1, -0.05) is 19.3 Å². The molecule has 1 aliphatic carbocycles. The van der Waals surface area contributed by atoms with Crippen molar-refractivity contribution in [2.24, 2.45) is 5.92 Å². The number of nitrogens with zero attached hydrogens (tertiary/aromatic N) is 6. The average molecular weight is 439 g/mol. The molecule has 5 rings (SSSR count). The van der Waals surface area contributed by atoms with E-state index >= 15 is 0 Å². The third-order valence-corrected chi connectivity index (χ3v) is 7.56. The Bertz CT molecular complexity index is 871. The Morgan fingerprint density at radius 1 is 0.969 bits per heavy atom. The van der Waals surface area contributed by atoms with Crippen LogP contribution >= 0.6 is 0 Å². The van der Waals surface area contributed by atoms with Gasteiger partial charge in [0.1, 0.15) is 0 Å². The van der Waals surface area contributed by atoms with Gasteiger partial charge in [0.2, 0.25) is 5.95 Å². The normalized spacial score (nSPS) is 23.2. The molecule has 32 heavy (non-hydrogen) atoms. The minimum atomic E-state index is 0.0990. The van der Waals surface area contributed by atoms with Crippen LogP contribution in [0.2, 0.25) is 0 Å². The second-order valence-corrected chi connectivity index (χ2v) is 9.95. The van der Waals surface area contributed by atoms with Crippen molar-refractivity contribution in [1.82, 2.24) is 24.6 Å². The fourth-order valence-electron chi connectivity index (χ4n) is 5.90. The number of hydrogen-bond donors (Lipinski definition) is 1. The first-order chi connectivity index (χ1) is 15.8. The standard InChI is InChI=1S/C25H38N6O/c32-16-15-31-19-22(23-10-11-26-25(27-23)30-13-4-5-14-30)24(28-31)21-9-6-12-29(18-21)17-20-7-2-1-3-8-20/h10-11,19-21,32H,1-9,12-18H2/t21-/m1/s1. The first-order valence-electron chi connectivity index (χ1n) is 12.8.